The molecule has 0 bridgehead atoms. The van der Waals surface area contributed by atoms with Gasteiger partial charge in [-0.1, -0.05) is 18.2 Å². The van der Waals surface area contributed by atoms with Gasteiger partial charge >= 0.3 is 11.3 Å². The van der Waals surface area contributed by atoms with Crippen LogP contribution in [-0.4, -0.2) is 13.7 Å². The van der Waals surface area contributed by atoms with Gasteiger partial charge in [-0.3, -0.25) is 0 Å². The van der Waals surface area contributed by atoms with Crippen molar-refractivity contribution in [3.8, 4) is 23.0 Å². The molecule has 4 rings (SSSR count). The molecule has 0 unspecified atom stereocenters. The fourth-order valence-corrected chi connectivity index (χ4v) is 2.76. The molecule has 0 aliphatic heterocycles. The molecule has 0 spiro atoms. The first-order valence-electron chi connectivity index (χ1n) is 8.47. The topological polar surface area (TPSA) is 135 Å². The van der Waals surface area contributed by atoms with E-state index in [0.717, 1.165) is 33.4 Å². The smallest absolute Gasteiger partial charge is 0.399 e. The second-order valence-corrected chi connectivity index (χ2v) is 6.55. The highest BCUT2D eigenvalue weighted by Crippen LogP contribution is 2.36. The van der Waals surface area contributed by atoms with Crippen LogP contribution in [0.15, 0.2) is 63.4 Å². The maximum Gasteiger partial charge on any atom is 0.399 e. The van der Waals surface area contributed by atoms with Crippen LogP contribution in [0, 0.1) is 10.2 Å². The zero-order chi connectivity index (χ0) is 21.0. The standard InChI is InChI=1S/C20H17O4.ClHO4/c1-3-22-18-12-20(19-10-13-6-4-5-7-16(13)23-19)24-17-9-8-14(21-2)11-15(17)18;2-1(3,4)5/h4-12H,3H2,1-2H3;(H,2,3,4,5)/q+1;/p-1. The lowest BCUT2D eigenvalue weighted by Gasteiger charge is -2.17. The monoisotopic (exact) mass is 420 g/mol. The summed E-state index contributed by atoms with van der Waals surface area (Å²) < 4.78 is 57.0. The number of furan rings is 1. The Balaban J connectivity index is 0.000000431. The van der Waals surface area contributed by atoms with Crippen molar-refractivity contribution in [2.75, 3.05) is 13.7 Å². The van der Waals surface area contributed by atoms with E-state index in [2.05, 4.69) is 0 Å². The van der Waals surface area contributed by atoms with Crippen molar-refractivity contribution in [1.82, 2.24) is 0 Å². The molecule has 29 heavy (non-hydrogen) atoms. The van der Waals surface area contributed by atoms with E-state index in [-0.39, 0.29) is 0 Å². The fraction of sp³-hybridized carbons (Fsp3) is 0.150. The largest absolute Gasteiger partial charge is 0.497 e. The Bertz CT molecular complexity index is 1080. The van der Waals surface area contributed by atoms with Crippen molar-refractivity contribution in [3.63, 3.8) is 0 Å². The van der Waals surface area contributed by atoms with E-state index in [1.54, 1.807) is 7.11 Å². The number of ether oxygens (including phenoxy) is 2. The molecule has 0 saturated heterocycles. The Morgan fingerprint density at radius 3 is 2.38 bits per heavy atom. The van der Waals surface area contributed by atoms with Gasteiger partial charge < -0.3 is 13.9 Å². The zero-order valence-electron chi connectivity index (χ0n) is 15.5. The first-order chi connectivity index (χ1) is 13.8. The predicted molar refractivity (Wildman–Crippen MR) is 93.6 cm³/mol. The molecule has 0 aliphatic carbocycles. The third-order valence-electron chi connectivity index (χ3n) is 3.90. The molecule has 0 fully saturated rings. The third kappa shape index (κ3) is 5.35. The molecule has 8 nitrogen and oxygen atoms in total. The minimum absolute atomic E-state index is 0.565. The highest BCUT2D eigenvalue weighted by molar-refractivity contribution is 5.88. The van der Waals surface area contributed by atoms with Crippen LogP contribution >= 0.6 is 0 Å². The first-order valence-corrected chi connectivity index (χ1v) is 9.70. The van der Waals surface area contributed by atoms with Crippen molar-refractivity contribution in [1.29, 1.82) is 0 Å². The average molecular weight is 421 g/mol. The summed E-state index contributed by atoms with van der Waals surface area (Å²) in [6.07, 6.45) is 0. The second kappa shape index (κ2) is 8.64. The molecule has 4 aromatic rings. The number of halogens is 1. The van der Waals surface area contributed by atoms with E-state index in [0.29, 0.717) is 18.1 Å². The number of hydrogen-bond acceptors (Lipinski definition) is 7. The summed E-state index contributed by atoms with van der Waals surface area (Å²) in [5.74, 6) is 2.81. The van der Waals surface area contributed by atoms with Gasteiger partial charge in [0.05, 0.1) is 19.8 Å². The van der Waals surface area contributed by atoms with E-state index in [4.69, 9.17) is 36.9 Å². The van der Waals surface area contributed by atoms with Crippen LogP contribution in [0.5, 0.6) is 11.5 Å². The molecule has 2 heterocycles. The van der Waals surface area contributed by atoms with Crippen LogP contribution in [0.2, 0.25) is 0 Å². The van der Waals surface area contributed by atoms with Crippen molar-refractivity contribution in [2.24, 2.45) is 0 Å². The van der Waals surface area contributed by atoms with Crippen LogP contribution in [0.4, 0.5) is 0 Å². The van der Waals surface area contributed by atoms with Crippen molar-refractivity contribution in [3.05, 3.63) is 54.6 Å². The molecule has 2 aromatic heterocycles. The van der Waals surface area contributed by atoms with Crippen LogP contribution in [0.1, 0.15) is 6.92 Å². The van der Waals surface area contributed by atoms with Gasteiger partial charge in [0.1, 0.15) is 22.5 Å². The molecule has 152 valence electrons. The minimum Gasteiger partial charge on any atom is -0.497 e. The van der Waals surface area contributed by atoms with Crippen LogP contribution in [-0.2, 0) is 0 Å². The van der Waals surface area contributed by atoms with E-state index >= 15 is 0 Å². The van der Waals surface area contributed by atoms with Crippen molar-refractivity contribution >= 4 is 21.9 Å². The molecule has 0 aliphatic rings. The summed E-state index contributed by atoms with van der Waals surface area (Å²) in [6, 6.07) is 17.4. The van der Waals surface area contributed by atoms with Crippen LogP contribution < -0.4 is 28.1 Å². The van der Waals surface area contributed by atoms with Gasteiger partial charge in [-0.2, -0.15) is 0 Å². The highest BCUT2D eigenvalue weighted by Gasteiger charge is 2.23. The van der Waals surface area contributed by atoms with Gasteiger partial charge in [0.15, 0.2) is 0 Å². The first kappa shape index (κ1) is 20.8. The molecule has 9 heteroatoms. The summed E-state index contributed by atoms with van der Waals surface area (Å²) in [7, 11) is -3.30. The number of benzene rings is 2. The number of fused-ring (bicyclic) bond motifs is 2. The summed E-state index contributed by atoms with van der Waals surface area (Å²) in [6.45, 7) is 2.52. The molecule has 0 amide bonds. The van der Waals surface area contributed by atoms with Crippen LogP contribution in [0.3, 0.4) is 0 Å². The molecular weight excluding hydrogens is 404 g/mol. The fourth-order valence-electron chi connectivity index (χ4n) is 2.76. The SMILES string of the molecule is CCOc1cc(-c2cc3ccccc3o2)[o+]c2ccc(OC)cc12.[O-][Cl+3]([O-])([O-])[O-]. The Hall–Kier alpha value is -2.88. The quantitative estimate of drug-likeness (QED) is 0.442. The Labute approximate surface area is 167 Å². The molecule has 0 N–H and O–H groups in total. The maximum atomic E-state index is 8.49. The molecule has 2 aromatic carbocycles. The van der Waals surface area contributed by atoms with E-state index < -0.39 is 10.2 Å². The van der Waals surface area contributed by atoms with E-state index in [1.165, 1.54) is 0 Å². The molecule has 0 radical (unpaired) electrons. The maximum absolute atomic E-state index is 8.49. The van der Waals surface area contributed by atoms with Crippen molar-refractivity contribution < 1.29 is 47.2 Å². The third-order valence-corrected chi connectivity index (χ3v) is 3.90. The molecule has 0 saturated carbocycles. The number of hydrogen-bond donors (Lipinski definition) is 0. The number of methoxy groups -OCH3 is 1. The number of para-hydroxylation sites is 1. The number of rotatable bonds is 4. The van der Waals surface area contributed by atoms with Gasteiger partial charge in [0, 0.05) is 23.6 Å². The van der Waals surface area contributed by atoms with Crippen molar-refractivity contribution in [2.45, 2.75) is 6.92 Å². The van der Waals surface area contributed by atoms with Gasteiger partial charge in [-0.15, -0.1) is 10.2 Å². The summed E-state index contributed by atoms with van der Waals surface area (Å²) >= 11 is 0. The lowest BCUT2D eigenvalue weighted by molar-refractivity contribution is -2.00. The van der Waals surface area contributed by atoms with Gasteiger partial charge in [0.2, 0.25) is 5.76 Å². The summed E-state index contributed by atoms with van der Waals surface area (Å²) in [4.78, 5) is 0. The highest BCUT2D eigenvalue weighted by atomic mass is 35.7. The minimum atomic E-state index is -4.94. The Morgan fingerprint density at radius 2 is 1.72 bits per heavy atom. The zero-order valence-corrected chi connectivity index (χ0v) is 16.3. The summed E-state index contributed by atoms with van der Waals surface area (Å²) in [5, 5.41) is 1.91. The molecule has 0 atom stereocenters. The summed E-state index contributed by atoms with van der Waals surface area (Å²) in [5.41, 5.74) is 1.55. The normalized spacial score (nSPS) is 11.2. The van der Waals surface area contributed by atoms with Gasteiger partial charge in [-0.25, -0.2) is 23.1 Å². The Kier molecular flexibility index (Phi) is 6.21. The second-order valence-electron chi connectivity index (χ2n) is 5.80. The lowest BCUT2D eigenvalue weighted by Crippen LogP contribution is -2.68. The van der Waals surface area contributed by atoms with Gasteiger partial charge in [-0.05, 0) is 19.1 Å². The predicted octanol–water partition coefficient (Wildman–Crippen LogP) is 0.778. The lowest BCUT2D eigenvalue weighted by atomic mass is 10.2. The van der Waals surface area contributed by atoms with E-state index in [1.807, 2.05) is 61.5 Å². The molecular formula is C20H17ClO8. The van der Waals surface area contributed by atoms with Gasteiger partial charge in [0.25, 0.3) is 0 Å². The van der Waals surface area contributed by atoms with E-state index in [9.17, 15) is 0 Å². The Morgan fingerprint density at radius 1 is 1.00 bits per heavy atom. The average Bonchev–Trinajstić information content (AvgIpc) is 3.11. The van der Waals surface area contributed by atoms with Crippen LogP contribution in [0.25, 0.3) is 33.5 Å².